The Bertz CT molecular complexity index is 377. The first-order valence-electron chi connectivity index (χ1n) is 5.16. The molecule has 0 radical (unpaired) electrons. The molecule has 2 heterocycles. The van der Waals surface area contributed by atoms with Crippen LogP contribution in [0.25, 0.3) is 0 Å². The third-order valence-electron chi connectivity index (χ3n) is 2.76. The first kappa shape index (κ1) is 10.2. The molecule has 5 nitrogen and oxygen atoms in total. The van der Waals surface area contributed by atoms with Gasteiger partial charge in [-0.25, -0.2) is 4.98 Å². The Labute approximate surface area is 87.9 Å². The maximum atomic E-state index is 11.0. The monoisotopic (exact) mass is 209 g/mol. The van der Waals surface area contributed by atoms with Crippen LogP contribution in [-0.2, 0) is 4.74 Å². The van der Waals surface area contributed by atoms with Crippen molar-refractivity contribution in [2.24, 2.45) is 5.92 Å². The second-order valence-corrected chi connectivity index (χ2v) is 3.80. The Balaban J connectivity index is 1.90. The van der Waals surface area contributed by atoms with E-state index >= 15 is 0 Å². The zero-order chi connectivity index (χ0) is 10.7. The lowest BCUT2D eigenvalue weighted by Crippen LogP contribution is -2.21. The van der Waals surface area contributed by atoms with E-state index in [-0.39, 0.29) is 5.56 Å². The van der Waals surface area contributed by atoms with Gasteiger partial charge in [-0.2, -0.15) is 0 Å². The molecule has 0 bridgehead atoms. The number of hydrogen-bond donors (Lipinski definition) is 2. The van der Waals surface area contributed by atoms with Gasteiger partial charge in [-0.15, -0.1) is 0 Å². The van der Waals surface area contributed by atoms with Crippen LogP contribution >= 0.6 is 0 Å². The van der Waals surface area contributed by atoms with Gasteiger partial charge < -0.3 is 15.0 Å². The standard InChI is InChI=1S/C10H15N3O2/c1-7-8(2-3-15-7)5-11-9-4-10(14)13-6-12-9/h4,6-8H,2-3,5H2,1H3,(H2,11,12,13,14). The third-order valence-corrected chi connectivity index (χ3v) is 2.76. The average Bonchev–Trinajstić information content (AvgIpc) is 2.61. The highest BCUT2D eigenvalue weighted by atomic mass is 16.5. The number of aromatic nitrogens is 2. The Morgan fingerprint density at radius 2 is 2.60 bits per heavy atom. The van der Waals surface area contributed by atoms with E-state index in [0.29, 0.717) is 17.8 Å². The minimum Gasteiger partial charge on any atom is -0.378 e. The van der Waals surface area contributed by atoms with Crippen LogP contribution in [0.1, 0.15) is 13.3 Å². The summed E-state index contributed by atoms with van der Waals surface area (Å²) in [6.07, 6.45) is 2.76. The molecular weight excluding hydrogens is 194 g/mol. The summed E-state index contributed by atoms with van der Waals surface area (Å²) in [7, 11) is 0. The van der Waals surface area contributed by atoms with Crippen LogP contribution < -0.4 is 10.9 Å². The molecule has 1 aromatic heterocycles. The molecule has 1 aliphatic heterocycles. The fraction of sp³-hybridized carbons (Fsp3) is 0.600. The molecule has 2 atom stereocenters. The van der Waals surface area contributed by atoms with Gasteiger partial charge in [0.15, 0.2) is 0 Å². The van der Waals surface area contributed by atoms with Gasteiger partial charge in [0.05, 0.1) is 12.4 Å². The first-order chi connectivity index (χ1) is 7.25. The molecule has 82 valence electrons. The number of ether oxygens (including phenoxy) is 1. The van der Waals surface area contributed by atoms with E-state index in [2.05, 4.69) is 22.2 Å². The van der Waals surface area contributed by atoms with E-state index in [9.17, 15) is 4.79 Å². The summed E-state index contributed by atoms with van der Waals surface area (Å²) in [6, 6.07) is 1.46. The zero-order valence-electron chi connectivity index (χ0n) is 8.69. The summed E-state index contributed by atoms with van der Waals surface area (Å²) in [5.74, 6) is 1.13. The Morgan fingerprint density at radius 1 is 1.73 bits per heavy atom. The van der Waals surface area contributed by atoms with Crippen LogP contribution in [0.3, 0.4) is 0 Å². The van der Waals surface area contributed by atoms with E-state index in [1.54, 1.807) is 0 Å². The highest BCUT2D eigenvalue weighted by Crippen LogP contribution is 2.20. The second-order valence-electron chi connectivity index (χ2n) is 3.80. The minimum atomic E-state index is -0.136. The molecule has 0 aliphatic carbocycles. The second kappa shape index (κ2) is 4.44. The molecule has 5 heteroatoms. The maximum absolute atomic E-state index is 11.0. The Kier molecular flexibility index (Phi) is 3.01. The van der Waals surface area contributed by atoms with Crippen LogP contribution in [0.4, 0.5) is 5.82 Å². The molecule has 0 saturated carbocycles. The fourth-order valence-electron chi connectivity index (χ4n) is 1.75. The van der Waals surface area contributed by atoms with Crippen LogP contribution in [0, 0.1) is 5.92 Å². The zero-order valence-corrected chi connectivity index (χ0v) is 8.69. The quantitative estimate of drug-likeness (QED) is 0.765. The van der Waals surface area contributed by atoms with Crippen LogP contribution in [-0.4, -0.2) is 29.2 Å². The third kappa shape index (κ3) is 2.56. The molecule has 1 aliphatic rings. The number of nitrogens with zero attached hydrogens (tertiary/aromatic N) is 1. The van der Waals surface area contributed by atoms with Gasteiger partial charge >= 0.3 is 0 Å². The molecule has 0 aromatic carbocycles. The first-order valence-corrected chi connectivity index (χ1v) is 5.16. The highest BCUT2D eigenvalue weighted by Gasteiger charge is 2.23. The van der Waals surface area contributed by atoms with Gasteiger partial charge in [0.1, 0.15) is 5.82 Å². The molecule has 0 spiro atoms. The maximum Gasteiger partial charge on any atom is 0.252 e. The van der Waals surface area contributed by atoms with Gasteiger partial charge in [0.25, 0.3) is 5.56 Å². The van der Waals surface area contributed by atoms with Gasteiger partial charge in [0.2, 0.25) is 0 Å². The van der Waals surface area contributed by atoms with Crippen LogP contribution in [0.2, 0.25) is 0 Å². The average molecular weight is 209 g/mol. The van der Waals surface area contributed by atoms with Crippen molar-refractivity contribution in [1.29, 1.82) is 0 Å². The molecular formula is C10H15N3O2. The van der Waals surface area contributed by atoms with Crippen molar-refractivity contribution < 1.29 is 4.74 Å². The summed E-state index contributed by atoms with van der Waals surface area (Å²) < 4.78 is 5.45. The highest BCUT2D eigenvalue weighted by molar-refractivity contribution is 5.31. The number of H-pyrrole nitrogens is 1. The van der Waals surface area contributed by atoms with Crippen LogP contribution in [0.15, 0.2) is 17.2 Å². The molecule has 2 rings (SSSR count). The van der Waals surface area contributed by atoms with E-state index in [1.807, 2.05) is 0 Å². The van der Waals surface area contributed by atoms with Crippen molar-refractivity contribution in [2.45, 2.75) is 19.4 Å². The van der Waals surface area contributed by atoms with Gasteiger partial charge in [-0.1, -0.05) is 0 Å². The van der Waals surface area contributed by atoms with E-state index in [4.69, 9.17) is 4.74 Å². The summed E-state index contributed by atoms with van der Waals surface area (Å²) in [4.78, 5) is 17.5. The molecule has 1 fully saturated rings. The SMILES string of the molecule is CC1OCCC1CNc1cc(=O)[nH]cn1. The van der Waals surface area contributed by atoms with E-state index < -0.39 is 0 Å². The summed E-state index contributed by atoms with van der Waals surface area (Å²) in [5.41, 5.74) is -0.136. The van der Waals surface area contributed by atoms with Crippen molar-refractivity contribution in [2.75, 3.05) is 18.5 Å². The lowest BCUT2D eigenvalue weighted by Gasteiger charge is -2.14. The number of aromatic amines is 1. The normalized spacial score (nSPS) is 25.4. The summed E-state index contributed by atoms with van der Waals surface area (Å²) >= 11 is 0. The minimum absolute atomic E-state index is 0.136. The van der Waals surface area contributed by atoms with E-state index in [1.165, 1.54) is 12.4 Å². The van der Waals surface area contributed by atoms with Gasteiger partial charge in [0, 0.05) is 25.1 Å². The fourth-order valence-corrected chi connectivity index (χ4v) is 1.75. The van der Waals surface area contributed by atoms with E-state index in [0.717, 1.165) is 19.6 Å². The molecule has 2 unspecified atom stereocenters. The topological polar surface area (TPSA) is 67.0 Å². The molecule has 0 amide bonds. The number of hydrogen-bond acceptors (Lipinski definition) is 4. The Morgan fingerprint density at radius 3 is 3.27 bits per heavy atom. The number of anilines is 1. The summed E-state index contributed by atoms with van der Waals surface area (Å²) in [6.45, 7) is 3.71. The lowest BCUT2D eigenvalue weighted by atomic mass is 10.0. The Hall–Kier alpha value is -1.36. The number of rotatable bonds is 3. The molecule has 15 heavy (non-hydrogen) atoms. The smallest absolute Gasteiger partial charge is 0.252 e. The van der Waals surface area contributed by atoms with Gasteiger partial charge in [-0.3, -0.25) is 4.79 Å². The molecule has 1 aromatic rings. The van der Waals surface area contributed by atoms with Crippen molar-refractivity contribution in [3.8, 4) is 0 Å². The van der Waals surface area contributed by atoms with Crippen molar-refractivity contribution in [3.05, 3.63) is 22.7 Å². The molecule has 1 saturated heterocycles. The van der Waals surface area contributed by atoms with Crippen molar-refractivity contribution in [3.63, 3.8) is 0 Å². The molecule has 2 N–H and O–H groups in total. The van der Waals surface area contributed by atoms with Crippen LogP contribution in [0.5, 0.6) is 0 Å². The van der Waals surface area contributed by atoms with Gasteiger partial charge in [-0.05, 0) is 13.3 Å². The summed E-state index contributed by atoms with van der Waals surface area (Å²) in [5, 5.41) is 3.15. The number of nitrogens with one attached hydrogen (secondary N) is 2. The van der Waals surface area contributed by atoms with Crippen molar-refractivity contribution >= 4 is 5.82 Å². The van der Waals surface area contributed by atoms with Crippen molar-refractivity contribution in [1.82, 2.24) is 9.97 Å². The largest absolute Gasteiger partial charge is 0.378 e. The predicted molar refractivity (Wildman–Crippen MR) is 56.9 cm³/mol. The predicted octanol–water partition coefficient (Wildman–Crippen LogP) is 0.607. The lowest BCUT2D eigenvalue weighted by molar-refractivity contribution is 0.108.